The number of carbonyl (C=O) groups is 2. The lowest BCUT2D eigenvalue weighted by atomic mass is 9.55. The molecule has 0 aromatic heterocycles. The van der Waals surface area contributed by atoms with Crippen LogP contribution < -0.4 is 14.8 Å². The van der Waals surface area contributed by atoms with Gasteiger partial charge in [-0.2, -0.15) is 0 Å². The molecule has 0 saturated heterocycles. The van der Waals surface area contributed by atoms with Crippen molar-refractivity contribution < 1.29 is 43.6 Å². The third-order valence-electron chi connectivity index (χ3n) is 10.4. The van der Waals surface area contributed by atoms with E-state index in [4.69, 9.17) is 28.9 Å². The van der Waals surface area contributed by atoms with E-state index in [9.17, 15) is 19.8 Å². The van der Waals surface area contributed by atoms with Crippen molar-refractivity contribution in [3.63, 3.8) is 0 Å². The second-order valence-corrected chi connectivity index (χ2v) is 13.5. The molecule has 6 atom stereocenters. The Labute approximate surface area is 306 Å². The van der Waals surface area contributed by atoms with Gasteiger partial charge in [0.2, 0.25) is 5.79 Å². The maximum atomic E-state index is 13.3. The van der Waals surface area contributed by atoms with E-state index >= 15 is 0 Å². The Morgan fingerprint density at radius 1 is 1.10 bits per heavy atom. The fourth-order valence-corrected chi connectivity index (χ4v) is 8.11. The third kappa shape index (κ3) is 8.46. The molecule has 0 radical (unpaired) electrons. The number of nitrogens with zero attached hydrogens (tertiary/aromatic N) is 2. The summed E-state index contributed by atoms with van der Waals surface area (Å²) in [6.07, 6.45) is 7.56. The largest absolute Gasteiger partial charge is 0.459 e. The molecule has 282 valence electrons. The van der Waals surface area contributed by atoms with Crippen LogP contribution in [0.3, 0.4) is 0 Å². The summed E-state index contributed by atoms with van der Waals surface area (Å²) in [7, 11) is 3.01. The molecular formula is C40H53N3O9. The number of hydrogen-bond donors (Lipinski definition) is 3. The van der Waals surface area contributed by atoms with E-state index < -0.39 is 29.9 Å². The first-order chi connectivity index (χ1) is 25.3. The highest BCUT2D eigenvalue weighted by molar-refractivity contribution is 6.02. The summed E-state index contributed by atoms with van der Waals surface area (Å²) in [6.45, 7) is 6.74. The first kappa shape index (κ1) is 38.8. The van der Waals surface area contributed by atoms with Crippen LogP contribution in [0.25, 0.3) is 0 Å². The SMILES string of the molecule is C=CCO[C@@]12Oc3ccc(OC(=O)NCC)cc3[C@H]3[C@H](CCCCO)[C@@H](CCCCO)C=C(C(=NOCc4ccccc4)C[C@@H]1N(C)C(=O)OC)[C@H]32. The van der Waals surface area contributed by atoms with Crippen molar-refractivity contribution in [2.24, 2.45) is 22.9 Å². The zero-order valence-electron chi connectivity index (χ0n) is 30.5. The van der Waals surface area contributed by atoms with Gasteiger partial charge in [-0.1, -0.05) is 60.5 Å². The number of nitrogens with one attached hydrogen (secondary N) is 1. The van der Waals surface area contributed by atoms with Crippen LogP contribution in [0.5, 0.6) is 11.5 Å². The molecule has 0 unspecified atom stereocenters. The highest BCUT2D eigenvalue weighted by Gasteiger charge is 2.65. The molecule has 1 aliphatic heterocycles. The number of methoxy groups -OCH3 is 1. The lowest BCUT2D eigenvalue weighted by Gasteiger charge is -2.59. The number of rotatable bonds is 17. The van der Waals surface area contributed by atoms with Gasteiger partial charge in [0.25, 0.3) is 0 Å². The van der Waals surface area contributed by atoms with E-state index in [1.807, 2.05) is 43.3 Å². The summed E-state index contributed by atoms with van der Waals surface area (Å²) < 4.78 is 24.8. The molecule has 3 aliphatic rings. The first-order valence-electron chi connectivity index (χ1n) is 18.3. The Bertz CT molecular complexity index is 1580. The quantitative estimate of drug-likeness (QED) is 0.0970. The smallest absolute Gasteiger partial charge is 0.412 e. The number of allylic oxidation sites excluding steroid dienone is 1. The molecule has 1 heterocycles. The third-order valence-corrected chi connectivity index (χ3v) is 10.4. The number of fused-ring (bicyclic) bond motifs is 2. The average Bonchev–Trinajstić information content (AvgIpc) is 3.15. The van der Waals surface area contributed by atoms with Crippen LogP contribution in [0.1, 0.15) is 68.9 Å². The topological polar surface area (TPSA) is 148 Å². The van der Waals surface area contributed by atoms with Crippen molar-refractivity contribution in [2.45, 2.75) is 76.2 Å². The molecule has 2 amide bonds. The van der Waals surface area contributed by atoms with E-state index in [0.29, 0.717) is 36.6 Å². The second-order valence-electron chi connectivity index (χ2n) is 13.5. The van der Waals surface area contributed by atoms with Gasteiger partial charge in [-0.15, -0.1) is 6.58 Å². The summed E-state index contributed by atoms with van der Waals surface area (Å²) in [6, 6.07) is 14.4. The van der Waals surface area contributed by atoms with Crippen LogP contribution in [-0.2, 0) is 20.9 Å². The summed E-state index contributed by atoms with van der Waals surface area (Å²) in [5.74, 6) is -1.12. The van der Waals surface area contributed by atoms with E-state index in [2.05, 4.69) is 18.0 Å². The normalized spacial score (nSPS) is 25.1. The number of benzene rings is 2. The van der Waals surface area contributed by atoms with Crippen LogP contribution in [0.4, 0.5) is 9.59 Å². The minimum Gasteiger partial charge on any atom is -0.459 e. The first-order valence-corrected chi connectivity index (χ1v) is 18.3. The van der Waals surface area contributed by atoms with Crippen molar-refractivity contribution in [1.82, 2.24) is 10.2 Å². The zero-order chi connectivity index (χ0) is 37.1. The maximum absolute atomic E-state index is 13.3. The molecule has 2 aromatic rings. The van der Waals surface area contributed by atoms with Gasteiger partial charge in [0.1, 0.15) is 24.1 Å². The minimum absolute atomic E-state index is 0.0294. The molecule has 12 heteroatoms. The molecule has 0 spiro atoms. The Morgan fingerprint density at radius 3 is 2.54 bits per heavy atom. The zero-order valence-corrected chi connectivity index (χ0v) is 30.5. The number of aliphatic hydroxyl groups excluding tert-OH is 2. The fourth-order valence-electron chi connectivity index (χ4n) is 8.11. The van der Waals surface area contributed by atoms with Gasteiger partial charge in [-0.25, -0.2) is 9.59 Å². The highest BCUT2D eigenvalue weighted by Crippen LogP contribution is 2.61. The van der Waals surface area contributed by atoms with Crippen LogP contribution in [0, 0.1) is 17.8 Å². The second kappa shape index (κ2) is 18.4. The number of aliphatic hydroxyl groups is 2. The minimum atomic E-state index is -1.40. The number of hydrogen-bond acceptors (Lipinski definition) is 10. The number of likely N-dealkylation sites (N-methyl/N-ethyl adjacent to an activating group) is 1. The van der Waals surface area contributed by atoms with Gasteiger partial charge in [-0.3, -0.25) is 0 Å². The average molecular weight is 720 g/mol. The van der Waals surface area contributed by atoms with Crippen molar-refractivity contribution in [3.8, 4) is 11.5 Å². The predicted octanol–water partition coefficient (Wildman–Crippen LogP) is 6.33. The van der Waals surface area contributed by atoms with Crippen LogP contribution >= 0.6 is 0 Å². The Morgan fingerprint density at radius 2 is 1.85 bits per heavy atom. The standard InChI is InChI=1S/C40H53N3O9/c1-5-22-49-40-35(43(3)39(47)48-4)25-33(42-50-26-27-14-8-7-9-15-27)31-23-28(16-10-12-20-44)30(17-11-13-21-45)36(37(31)40)32-24-29(18-19-34(32)52-40)51-38(46)41-6-2/h5,7-9,14-15,18-19,23-24,28,30,35-37,44-45H,1,6,10-13,16-17,20-22,25-26H2,2-4H3,(H,41,46)/t28-,30+,35-,36+,37+,40+/m0/s1. The van der Waals surface area contributed by atoms with E-state index in [1.54, 1.807) is 25.3 Å². The summed E-state index contributed by atoms with van der Waals surface area (Å²) in [4.78, 5) is 33.4. The van der Waals surface area contributed by atoms with Gasteiger partial charge in [0.05, 0.1) is 25.3 Å². The Kier molecular flexibility index (Phi) is 13.7. The molecule has 2 aliphatic carbocycles. The maximum Gasteiger partial charge on any atom is 0.412 e. The molecule has 52 heavy (non-hydrogen) atoms. The van der Waals surface area contributed by atoms with Gasteiger partial charge in [0.15, 0.2) is 0 Å². The number of ether oxygens (including phenoxy) is 4. The van der Waals surface area contributed by atoms with Gasteiger partial charge < -0.3 is 44.2 Å². The number of unbranched alkanes of at least 4 members (excludes halogenated alkanes) is 2. The molecule has 3 N–H and O–H groups in total. The summed E-state index contributed by atoms with van der Waals surface area (Å²) in [5, 5.41) is 27.0. The number of oxime groups is 1. The molecular weight excluding hydrogens is 666 g/mol. The number of amides is 2. The van der Waals surface area contributed by atoms with E-state index in [0.717, 1.165) is 42.4 Å². The molecule has 0 bridgehead atoms. The highest BCUT2D eigenvalue weighted by atomic mass is 16.7. The van der Waals surface area contributed by atoms with E-state index in [1.165, 1.54) is 12.0 Å². The van der Waals surface area contributed by atoms with Gasteiger partial charge in [0, 0.05) is 44.7 Å². The van der Waals surface area contributed by atoms with Crippen LogP contribution in [0.15, 0.2) is 78.0 Å². The van der Waals surface area contributed by atoms with Crippen molar-refractivity contribution >= 4 is 17.9 Å². The van der Waals surface area contributed by atoms with E-state index in [-0.39, 0.29) is 50.6 Å². The van der Waals surface area contributed by atoms with Crippen molar-refractivity contribution in [1.29, 1.82) is 0 Å². The molecule has 1 fully saturated rings. The molecule has 1 saturated carbocycles. The Hall–Kier alpha value is -4.39. The monoisotopic (exact) mass is 719 g/mol. The van der Waals surface area contributed by atoms with Crippen LogP contribution in [-0.4, -0.2) is 85.4 Å². The van der Waals surface area contributed by atoms with Gasteiger partial charge >= 0.3 is 12.2 Å². The predicted molar refractivity (Wildman–Crippen MR) is 196 cm³/mol. The van der Waals surface area contributed by atoms with Crippen molar-refractivity contribution in [2.75, 3.05) is 40.5 Å². The Balaban J connectivity index is 1.73. The summed E-state index contributed by atoms with van der Waals surface area (Å²) in [5.41, 5.74) is 3.39. The molecule has 12 nitrogen and oxygen atoms in total. The molecule has 2 aromatic carbocycles. The number of carbonyl (C=O) groups excluding carboxylic acids is 2. The summed E-state index contributed by atoms with van der Waals surface area (Å²) >= 11 is 0. The lowest BCUT2D eigenvalue weighted by molar-refractivity contribution is -0.253. The van der Waals surface area contributed by atoms with Crippen LogP contribution in [0.2, 0.25) is 0 Å². The van der Waals surface area contributed by atoms with Gasteiger partial charge in [-0.05, 0) is 73.8 Å². The van der Waals surface area contributed by atoms with Crippen molar-refractivity contribution in [3.05, 3.63) is 84.0 Å². The fraction of sp³-hybridized carbons (Fsp3) is 0.525. The lowest BCUT2D eigenvalue weighted by Crippen LogP contribution is -2.69. The molecule has 5 rings (SSSR count).